The van der Waals surface area contributed by atoms with Crippen molar-refractivity contribution in [3.05, 3.63) is 142 Å². The number of hydroxylamine groups is 2. The van der Waals surface area contributed by atoms with E-state index in [-0.39, 0.29) is 0 Å². The highest BCUT2D eigenvalue weighted by molar-refractivity contribution is 5.93. The van der Waals surface area contributed by atoms with Crippen molar-refractivity contribution in [3.63, 3.8) is 0 Å². The Balaban J connectivity index is 1.33. The number of carbonyl (C=O) groups is 1. The van der Waals surface area contributed by atoms with Crippen molar-refractivity contribution >= 4 is 5.97 Å². The summed E-state index contributed by atoms with van der Waals surface area (Å²) in [4.78, 5) is 27.2. The fraction of sp³-hybridized carbons (Fsp3) is 0.346. The molecule has 7 nitrogen and oxygen atoms in total. The summed E-state index contributed by atoms with van der Waals surface area (Å²) in [5.41, 5.74) is 7.76. The number of carbonyl (C=O) groups excluding carboxylic acids is 1. The van der Waals surface area contributed by atoms with Gasteiger partial charge >= 0.3 is 5.97 Å². The molecule has 0 amide bonds. The standard InChI is InChI=1S/C52H55N4O3/c1-7-9-11-13-19-40-36-43(28-24-39-33-48(46-21-15-17-31-53-46)55-49(34-39)47-22-16-18-32-54-47)41(20-14-12-10-8-2)35-42(40)27-23-38-25-29-44(30-26-38)59-50(57)45-37-51(3,4)56(58)52(45,5)6/h15-18,21-22,25-26,29-37H,7-14,19-20H2,1-6H3. The minimum atomic E-state index is -0.984. The fourth-order valence-corrected chi connectivity index (χ4v) is 7.49. The lowest BCUT2D eigenvalue weighted by atomic mass is 9.92. The van der Waals surface area contributed by atoms with Crippen molar-refractivity contribution in [2.75, 3.05) is 0 Å². The number of nitrogens with zero attached hydrogens (tertiary/aromatic N) is 4. The Morgan fingerprint density at radius 1 is 0.627 bits per heavy atom. The first kappa shape index (κ1) is 42.7. The smallest absolute Gasteiger partial charge is 0.341 e. The monoisotopic (exact) mass is 783 g/mol. The molecule has 0 N–H and O–H groups in total. The Bertz CT molecular complexity index is 2320. The molecule has 7 heteroatoms. The van der Waals surface area contributed by atoms with Crippen molar-refractivity contribution in [1.82, 2.24) is 20.0 Å². The zero-order valence-corrected chi connectivity index (χ0v) is 35.4. The normalized spacial score (nSPS) is 14.1. The lowest BCUT2D eigenvalue weighted by Gasteiger charge is -2.33. The predicted octanol–water partition coefficient (Wildman–Crippen LogP) is 11.3. The lowest BCUT2D eigenvalue weighted by molar-refractivity contribution is -0.238. The third kappa shape index (κ3) is 11.0. The number of unbranched alkanes of at least 4 members (excludes halogenated alkanes) is 6. The van der Waals surface area contributed by atoms with E-state index >= 15 is 0 Å². The van der Waals surface area contributed by atoms with Crippen LogP contribution in [0.2, 0.25) is 0 Å². The van der Waals surface area contributed by atoms with E-state index < -0.39 is 17.0 Å². The van der Waals surface area contributed by atoms with Gasteiger partial charge in [-0.15, -0.1) is 10.3 Å². The molecule has 1 aliphatic rings. The summed E-state index contributed by atoms with van der Waals surface area (Å²) >= 11 is 0. The molecule has 6 rings (SSSR count). The maximum atomic E-state index is 13.2. The molecule has 1 aliphatic heterocycles. The molecule has 0 saturated heterocycles. The van der Waals surface area contributed by atoms with Crippen LogP contribution in [0.25, 0.3) is 22.8 Å². The summed E-state index contributed by atoms with van der Waals surface area (Å²) in [6.45, 7) is 11.5. The number of aryl methyl sites for hydroxylation is 2. The Morgan fingerprint density at radius 3 is 1.61 bits per heavy atom. The number of hydrogen-bond donors (Lipinski definition) is 0. The van der Waals surface area contributed by atoms with E-state index in [1.807, 2.05) is 60.7 Å². The lowest BCUT2D eigenvalue weighted by Crippen LogP contribution is -2.47. The van der Waals surface area contributed by atoms with E-state index in [0.717, 1.165) is 88.6 Å². The Kier molecular flexibility index (Phi) is 14.3. The van der Waals surface area contributed by atoms with E-state index in [0.29, 0.717) is 11.3 Å². The SMILES string of the molecule is CCCCCCc1cc(C#Cc2cc(-c3ccccn3)nc(-c3ccccn3)c2)c(CCCCCC)cc1C#Cc1ccc(OC(=O)C2=CC(C)(C)N([O])C2(C)C)cc1. The molecule has 0 spiro atoms. The van der Waals surface area contributed by atoms with Crippen LogP contribution in [0.5, 0.6) is 5.75 Å². The zero-order chi connectivity index (χ0) is 41.8. The molecular weight excluding hydrogens is 729 g/mol. The Hall–Kier alpha value is -5.86. The van der Waals surface area contributed by atoms with Crippen LogP contribution in [0.1, 0.15) is 126 Å². The van der Waals surface area contributed by atoms with Gasteiger partial charge in [0.15, 0.2) is 0 Å². The van der Waals surface area contributed by atoms with Crippen LogP contribution in [-0.4, -0.2) is 37.1 Å². The largest absolute Gasteiger partial charge is 0.423 e. The van der Waals surface area contributed by atoms with Gasteiger partial charge in [0.1, 0.15) is 5.75 Å². The first-order valence-corrected chi connectivity index (χ1v) is 21.1. The number of aromatic nitrogens is 3. The number of pyridine rings is 3. The van der Waals surface area contributed by atoms with E-state index in [2.05, 4.69) is 59.6 Å². The molecule has 0 bridgehead atoms. The molecule has 2 aromatic carbocycles. The molecule has 0 unspecified atom stereocenters. The molecule has 59 heavy (non-hydrogen) atoms. The van der Waals surface area contributed by atoms with E-state index in [9.17, 15) is 10.0 Å². The maximum absolute atomic E-state index is 13.2. The van der Waals surface area contributed by atoms with Gasteiger partial charge < -0.3 is 4.74 Å². The highest BCUT2D eigenvalue weighted by atomic mass is 16.5. The molecule has 0 saturated carbocycles. The number of rotatable bonds is 14. The van der Waals surface area contributed by atoms with Crippen LogP contribution < -0.4 is 4.74 Å². The van der Waals surface area contributed by atoms with Crippen LogP contribution >= 0.6 is 0 Å². The van der Waals surface area contributed by atoms with Crippen LogP contribution in [0.15, 0.2) is 109 Å². The Labute approximate surface area is 351 Å². The van der Waals surface area contributed by atoms with Gasteiger partial charge in [0.05, 0.1) is 39.4 Å². The number of esters is 1. The van der Waals surface area contributed by atoms with Gasteiger partial charge in [-0.25, -0.2) is 9.78 Å². The van der Waals surface area contributed by atoms with Crippen molar-refractivity contribution in [2.45, 2.75) is 117 Å². The van der Waals surface area contributed by atoms with Crippen molar-refractivity contribution < 1.29 is 14.7 Å². The summed E-state index contributed by atoms with van der Waals surface area (Å²) in [5.74, 6) is 13.9. The molecule has 4 heterocycles. The van der Waals surface area contributed by atoms with Gasteiger partial charge in [0.2, 0.25) is 0 Å². The summed E-state index contributed by atoms with van der Waals surface area (Å²) < 4.78 is 5.73. The maximum Gasteiger partial charge on any atom is 0.341 e. The molecule has 5 aromatic rings. The molecule has 0 aliphatic carbocycles. The first-order valence-electron chi connectivity index (χ1n) is 21.1. The first-order chi connectivity index (χ1) is 28.5. The zero-order valence-electron chi connectivity index (χ0n) is 35.4. The highest BCUT2D eigenvalue weighted by Crippen LogP contribution is 2.39. The Morgan fingerprint density at radius 2 is 1.15 bits per heavy atom. The second kappa shape index (κ2) is 19.7. The summed E-state index contributed by atoms with van der Waals surface area (Å²) in [6.07, 6.45) is 16.3. The van der Waals surface area contributed by atoms with Gasteiger partial charge in [-0.1, -0.05) is 88.2 Å². The average Bonchev–Trinajstić information content (AvgIpc) is 3.42. The summed E-state index contributed by atoms with van der Waals surface area (Å²) in [5, 5.41) is 13.8. The van der Waals surface area contributed by atoms with Crippen LogP contribution in [-0.2, 0) is 22.8 Å². The second-order valence-corrected chi connectivity index (χ2v) is 16.3. The molecule has 1 radical (unpaired) electrons. The highest BCUT2D eigenvalue weighted by Gasteiger charge is 2.49. The van der Waals surface area contributed by atoms with E-state index in [4.69, 9.17) is 9.72 Å². The van der Waals surface area contributed by atoms with Crippen molar-refractivity contribution in [1.29, 1.82) is 0 Å². The van der Waals surface area contributed by atoms with Crippen LogP contribution in [0.3, 0.4) is 0 Å². The van der Waals surface area contributed by atoms with Crippen molar-refractivity contribution in [2.24, 2.45) is 0 Å². The van der Waals surface area contributed by atoms with Gasteiger partial charge in [-0.05, 0) is 143 Å². The quantitative estimate of drug-likeness (QED) is 0.0482. The minimum Gasteiger partial charge on any atom is -0.423 e. The minimum absolute atomic E-state index is 0.357. The van der Waals surface area contributed by atoms with Gasteiger partial charge in [-0.3, -0.25) is 9.97 Å². The molecular formula is C52H55N4O3. The molecule has 0 atom stereocenters. The molecule has 301 valence electrons. The number of ether oxygens (including phenoxy) is 1. The third-order valence-electron chi connectivity index (χ3n) is 10.8. The van der Waals surface area contributed by atoms with Crippen LogP contribution in [0, 0.1) is 23.7 Å². The second-order valence-electron chi connectivity index (χ2n) is 16.3. The third-order valence-corrected chi connectivity index (χ3v) is 10.8. The van der Waals surface area contributed by atoms with E-state index in [1.165, 1.54) is 36.8 Å². The van der Waals surface area contributed by atoms with Crippen molar-refractivity contribution in [3.8, 4) is 52.2 Å². The van der Waals surface area contributed by atoms with Gasteiger partial charge in [-0.2, -0.15) is 0 Å². The topological polar surface area (TPSA) is 88.1 Å². The van der Waals surface area contributed by atoms with Gasteiger partial charge in [0, 0.05) is 34.6 Å². The molecule has 0 fully saturated rings. The predicted molar refractivity (Wildman–Crippen MR) is 236 cm³/mol. The number of hydrogen-bond acceptors (Lipinski definition) is 6. The summed E-state index contributed by atoms with van der Waals surface area (Å²) in [6, 6.07) is 27.5. The molecule has 3 aromatic heterocycles. The van der Waals surface area contributed by atoms with E-state index in [1.54, 1.807) is 58.3 Å². The van der Waals surface area contributed by atoms with Crippen LogP contribution in [0.4, 0.5) is 0 Å². The average molecular weight is 784 g/mol. The van der Waals surface area contributed by atoms with Gasteiger partial charge in [0.25, 0.3) is 0 Å². The fourth-order valence-electron chi connectivity index (χ4n) is 7.49. The number of benzene rings is 2. The summed E-state index contributed by atoms with van der Waals surface area (Å²) in [7, 11) is 0.